The number of rotatable bonds is 8. The molecule has 0 spiro atoms. The molecule has 158 valence electrons. The average molecular weight is 418 g/mol. The van der Waals surface area contributed by atoms with Crippen molar-refractivity contribution in [1.29, 1.82) is 5.26 Å². The molecular weight excluding hydrogens is 396 g/mol. The molecule has 0 unspecified atom stereocenters. The zero-order valence-corrected chi connectivity index (χ0v) is 17.3. The Labute approximate surface area is 180 Å². The molecule has 0 aliphatic heterocycles. The summed E-state index contributed by atoms with van der Waals surface area (Å²) in [5.41, 5.74) is 3.36. The van der Waals surface area contributed by atoms with Gasteiger partial charge in [-0.2, -0.15) is 5.26 Å². The van der Waals surface area contributed by atoms with Crippen molar-refractivity contribution in [1.82, 2.24) is 4.57 Å². The lowest BCUT2D eigenvalue weighted by molar-refractivity contribution is -0.141. The van der Waals surface area contributed by atoms with Crippen LogP contribution in [0.2, 0.25) is 0 Å². The Balaban J connectivity index is 1.81. The minimum Gasteiger partial charge on any atom is -0.490 e. The van der Waals surface area contributed by atoms with E-state index >= 15 is 0 Å². The van der Waals surface area contributed by atoms with E-state index in [2.05, 4.69) is 6.07 Å². The van der Waals surface area contributed by atoms with Crippen LogP contribution < -0.4 is 4.74 Å². The van der Waals surface area contributed by atoms with Crippen LogP contribution in [0.5, 0.6) is 5.75 Å². The van der Waals surface area contributed by atoms with Crippen molar-refractivity contribution in [3.8, 4) is 28.6 Å². The average Bonchev–Trinajstić information content (AvgIpc) is 3.22. The molecule has 0 radical (unpaired) electrons. The molecule has 0 atom stereocenters. The van der Waals surface area contributed by atoms with Crippen molar-refractivity contribution in [2.45, 2.75) is 13.8 Å². The second-order valence-electron chi connectivity index (χ2n) is 6.59. The van der Waals surface area contributed by atoms with Gasteiger partial charge in [0, 0.05) is 30.6 Å². The van der Waals surface area contributed by atoms with Crippen LogP contribution in [0.4, 0.5) is 0 Å². The quantitative estimate of drug-likeness (QED) is 0.403. The highest BCUT2D eigenvalue weighted by Gasteiger charge is 2.12. The molecule has 3 rings (SSSR count). The van der Waals surface area contributed by atoms with Gasteiger partial charge in [0.05, 0.1) is 17.7 Å². The monoisotopic (exact) mass is 418 g/mol. The minimum atomic E-state index is -0.370. The summed E-state index contributed by atoms with van der Waals surface area (Å²) in [6, 6.07) is 16.6. The number of ether oxygens (including phenoxy) is 3. The number of hydrogen-bond acceptors (Lipinski definition) is 6. The maximum absolute atomic E-state index is 11.8. The standard InChI is InChI=1S/C24H22N2O5/c1-3-29-24(28)18-7-9-21(10-8-18)26-15-20(14-25)23(16-26)19-5-4-6-22(13-19)31-12-11-30-17(2)27/h4-10,13,15-16H,3,11-12H2,1-2H3. The second kappa shape index (κ2) is 10.1. The first-order chi connectivity index (χ1) is 15.0. The first-order valence-corrected chi connectivity index (χ1v) is 9.78. The van der Waals surface area contributed by atoms with Gasteiger partial charge in [-0.1, -0.05) is 12.1 Å². The third kappa shape index (κ3) is 5.52. The van der Waals surface area contributed by atoms with Gasteiger partial charge >= 0.3 is 11.9 Å². The van der Waals surface area contributed by atoms with Gasteiger partial charge < -0.3 is 18.8 Å². The first kappa shape index (κ1) is 21.7. The van der Waals surface area contributed by atoms with Crippen LogP contribution in [0.3, 0.4) is 0 Å². The van der Waals surface area contributed by atoms with E-state index in [9.17, 15) is 14.9 Å². The Hall–Kier alpha value is -4.05. The van der Waals surface area contributed by atoms with Crippen molar-refractivity contribution < 1.29 is 23.8 Å². The van der Waals surface area contributed by atoms with Crippen LogP contribution in [0.15, 0.2) is 60.9 Å². The molecule has 0 aliphatic carbocycles. The molecule has 7 heteroatoms. The van der Waals surface area contributed by atoms with E-state index in [0.29, 0.717) is 23.5 Å². The van der Waals surface area contributed by atoms with Crippen LogP contribution in [0.1, 0.15) is 29.8 Å². The Kier molecular flexibility index (Phi) is 7.07. The number of esters is 2. The number of carbonyl (C=O) groups is 2. The fourth-order valence-corrected chi connectivity index (χ4v) is 3.01. The summed E-state index contributed by atoms with van der Waals surface area (Å²) in [5, 5.41) is 9.61. The maximum Gasteiger partial charge on any atom is 0.338 e. The number of carbonyl (C=O) groups excluding carboxylic acids is 2. The van der Waals surface area contributed by atoms with Gasteiger partial charge in [0.15, 0.2) is 0 Å². The number of hydrogen-bond donors (Lipinski definition) is 0. The van der Waals surface area contributed by atoms with Crippen molar-refractivity contribution in [2.75, 3.05) is 19.8 Å². The molecule has 0 fully saturated rings. The van der Waals surface area contributed by atoms with Gasteiger partial charge in [0.2, 0.25) is 0 Å². The van der Waals surface area contributed by atoms with Gasteiger partial charge in [-0.25, -0.2) is 4.79 Å². The van der Waals surface area contributed by atoms with E-state index < -0.39 is 0 Å². The first-order valence-electron chi connectivity index (χ1n) is 9.78. The van der Waals surface area contributed by atoms with Crippen molar-refractivity contribution >= 4 is 11.9 Å². The molecule has 7 nitrogen and oxygen atoms in total. The van der Waals surface area contributed by atoms with Crippen molar-refractivity contribution in [3.63, 3.8) is 0 Å². The molecule has 3 aromatic rings. The lowest BCUT2D eigenvalue weighted by Gasteiger charge is -2.08. The molecule has 31 heavy (non-hydrogen) atoms. The Morgan fingerprint density at radius 1 is 1.03 bits per heavy atom. The van der Waals surface area contributed by atoms with Crippen LogP contribution in [0.25, 0.3) is 16.8 Å². The molecular formula is C24H22N2O5. The fourth-order valence-electron chi connectivity index (χ4n) is 3.01. The van der Waals surface area contributed by atoms with Crippen molar-refractivity contribution in [3.05, 3.63) is 72.1 Å². The maximum atomic E-state index is 11.8. The zero-order valence-electron chi connectivity index (χ0n) is 17.3. The minimum absolute atomic E-state index is 0.168. The Bertz CT molecular complexity index is 1110. The van der Waals surface area contributed by atoms with E-state index in [1.165, 1.54) is 6.92 Å². The van der Waals surface area contributed by atoms with E-state index in [4.69, 9.17) is 14.2 Å². The third-order valence-corrected chi connectivity index (χ3v) is 4.43. The van der Waals surface area contributed by atoms with E-state index in [1.54, 1.807) is 43.5 Å². The highest BCUT2D eigenvalue weighted by molar-refractivity contribution is 5.89. The highest BCUT2D eigenvalue weighted by atomic mass is 16.6. The summed E-state index contributed by atoms with van der Waals surface area (Å²) in [7, 11) is 0. The summed E-state index contributed by atoms with van der Waals surface area (Å²) < 4.78 is 17.3. The van der Waals surface area contributed by atoms with E-state index in [0.717, 1.165) is 16.8 Å². The fraction of sp³-hybridized carbons (Fsp3) is 0.208. The second-order valence-corrected chi connectivity index (χ2v) is 6.59. The van der Waals surface area contributed by atoms with E-state index in [1.807, 2.05) is 29.0 Å². The molecule has 0 amide bonds. The largest absolute Gasteiger partial charge is 0.490 e. The number of benzene rings is 2. The smallest absolute Gasteiger partial charge is 0.338 e. The van der Waals surface area contributed by atoms with E-state index in [-0.39, 0.29) is 25.2 Å². The zero-order chi connectivity index (χ0) is 22.2. The molecule has 2 aromatic carbocycles. The van der Waals surface area contributed by atoms with Crippen molar-refractivity contribution in [2.24, 2.45) is 0 Å². The normalized spacial score (nSPS) is 10.2. The SMILES string of the molecule is CCOC(=O)c1ccc(-n2cc(C#N)c(-c3cccc(OCCOC(C)=O)c3)c2)cc1. The lowest BCUT2D eigenvalue weighted by atomic mass is 10.1. The number of aromatic nitrogens is 1. The summed E-state index contributed by atoms with van der Waals surface area (Å²) in [6.07, 6.45) is 3.60. The van der Waals surface area contributed by atoms with Crippen LogP contribution >= 0.6 is 0 Å². The van der Waals surface area contributed by atoms with Crippen LogP contribution in [-0.2, 0) is 14.3 Å². The summed E-state index contributed by atoms with van der Waals surface area (Å²) >= 11 is 0. The molecule has 0 saturated carbocycles. The van der Waals surface area contributed by atoms with Gasteiger partial charge in [-0.15, -0.1) is 0 Å². The predicted octanol–water partition coefficient (Wildman–Crippen LogP) is 4.13. The lowest BCUT2D eigenvalue weighted by Crippen LogP contribution is -2.09. The van der Waals surface area contributed by atoms with Crippen LogP contribution in [0, 0.1) is 11.3 Å². The van der Waals surface area contributed by atoms with Gasteiger partial charge in [0.25, 0.3) is 0 Å². The Morgan fingerprint density at radius 2 is 1.81 bits per heavy atom. The molecule has 0 saturated heterocycles. The van der Waals surface area contributed by atoms with Gasteiger partial charge in [-0.3, -0.25) is 4.79 Å². The summed E-state index contributed by atoms with van der Waals surface area (Å²) in [6.45, 7) is 3.83. The predicted molar refractivity (Wildman–Crippen MR) is 114 cm³/mol. The summed E-state index contributed by atoms with van der Waals surface area (Å²) in [4.78, 5) is 22.7. The highest BCUT2D eigenvalue weighted by Crippen LogP contribution is 2.29. The molecule has 0 N–H and O–H groups in total. The molecule has 0 aliphatic rings. The van der Waals surface area contributed by atoms with Gasteiger partial charge in [0.1, 0.15) is 25.0 Å². The van der Waals surface area contributed by atoms with Gasteiger partial charge in [-0.05, 0) is 48.9 Å². The number of nitrogens with zero attached hydrogens (tertiary/aromatic N) is 2. The molecule has 1 heterocycles. The summed E-state index contributed by atoms with van der Waals surface area (Å²) in [5.74, 6) is -0.113. The topological polar surface area (TPSA) is 90.6 Å². The molecule has 0 bridgehead atoms. The van der Waals surface area contributed by atoms with Crippen LogP contribution in [-0.4, -0.2) is 36.3 Å². The molecule has 1 aromatic heterocycles. The third-order valence-electron chi connectivity index (χ3n) is 4.43. The number of nitriles is 1. The Morgan fingerprint density at radius 3 is 2.48 bits per heavy atom.